The zero-order chi connectivity index (χ0) is 33.7. The molecule has 5 nitrogen and oxygen atoms in total. The van der Waals surface area contributed by atoms with Gasteiger partial charge in [-0.15, -0.1) is 0 Å². The van der Waals surface area contributed by atoms with Crippen LogP contribution < -0.4 is 4.74 Å². The number of benzene rings is 4. The van der Waals surface area contributed by atoms with E-state index in [2.05, 4.69) is 68.7 Å². The zero-order valence-electron chi connectivity index (χ0n) is 29.3. The highest BCUT2D eigenvalue weighted by molar-refractivity contribution is 6.09. The van der Waals surface area contributed by atoms with E-state index in [9.17, 15) is 0 Å². The van der Waals surface area contributed by atoms with Crippen LogP contribution in [0, 0.1) is 33.5 Å². The summed E-state index contributed by atoms with van der Waals surface area (Å²) in [6, 6.07) is 32.0. The number of pyridine rings is 1. The average Bonchev–Trinajstić information content (AvgIpc) is 3.52. The van der Waals surface area contributed by atoms with E-state index in [-0.39, 0.29) is 0 Å². The molecule has 0 fully saturated rings. The first-order valence-corrected chi connectivity index (χ1v) is 15.4. The summed E-state index contributed by atoms with van der Waals surface area (Å²) in [5.41, 5.74) is 9.59. The van der Waals surface area contributed by atoms with E-state index in [1.165, 1.54) is 5.56 Å². The number of nitrogens with zero attached hydrogens (tertiary/aromatic N) is 4. The van der Waals surface area contributed by atoms with Crippen molar-refractivity contribution in [2.75, 3.05) is 0 Å². The molecule has 0 unspecified atom stereocenters. The number of fused-ring (bicyclic) bond motifs is 3. The molecule has 0 saturated carbocycles. The molecule has 45 heavy (non-hydrogen) atoms. The molecule has 0 radical (unpaired) electrons. The molecule has 0 aliphatic rings. The normalized spacial score (nSPS) is 12.9. The molecular formula is C40H38N4O. The van der Waals surface area contributed by atoms with Crippen molar-refractivity contribution in [1.29, 1.82) is 0 Å². The Balaban J connectivity index is 1.36. The number of aromatic nitrogens is 4. The third-order valence-electron chi connectivity index (χ3n) is 8.30. The fourth-order valence-corrected chi connectivity index (χ4v) is 6.42. The Labute approximate surface area is 269 Å². The first-order chi connectivity index (χ1) is 23.0. The van der Waals surface area contributed by atoms with Crippen molar-refractivity contribution in [3.8, 4) is 34.1 Å². The van der Waals surface area contributed by atoms with E-state index in [0.717, 1.165) is 73.6 Å². The van der Waals surface area contributed by atoms with Crippen molar-refractivity contribution in [2.24, 2.45) is 5.92 Å². The highest BCUT2D eigenvalue weighted by Crippen LogP contribution is 2.37. The smallest absolute Gasteiger partial charge is 0.137 e. The fourth-order valence-electron chi connectivity index (χ4n) is 6.42. The lowest BCUT2D eigenvalue weighted by Gasteiger charge is -2.14. The van der Waals surface area contributed by atoms with Crippen molar-refractivity contribution in [1.82, 2.24) is 19.3 Å². The summed E-state index contributed by atoms with van der Waals surface area (Å²) in [6.45, 7) is 8.43. The minimum Gasteiger partial charge on any atom is -0.457 e. The third kappa shape index (κ3) is 5.40. The Kier molecular flexibility index (Phi) is 6.38. The second-order valence-corrected chi connectivity index (χ2v) is 12.3. The Morgan fingerprint density at radius 3 is 2.40 bits per heavy atom. The minimum atomic E-state index is -2.21. The van der Waals surface area contributed by atoms with Gasteiger partial charge in [-0.2, -0.15) is 5.10 Å². The van der Waals surface area contributed by atoms with Gasteiger partial charge in [0.2, 0.25) is 0 Å². The lowest BCUT2D eigenvalue weighted by Crippen LogP contribution is -2.03. The Hall–Kier alpha value is -5.16. The van der Waals surface area contributed by atoms with Crippen LogP contribution >= 0.6 is 0 Å². The Morgan fingerprint density at radius 2 is 1.62 bits per heavy atom. The Bertz CT molecular complexity index is 2300. The van der Waals surface area contributed by atoms with Crippen LogP contribution in [-0.4, -0.2) is 19.3 Å². The van der Waals surface area contributed by atoms with Crippen LogP contribution in [0.5, 0.6) is 11.5 Å². The molecule has 3 aromatic heterocycles. The van der Waals surface area contributed by atoms with Gasteiger partial charge >= 0.3 is 0 Å². The molecule has 7 rings (SSSR count). The van der Waals surface area contributed by atoms with Crippen molar-refractivity contribution in [3.05, 3.63) is 131 Å². The molecule has 224 valence electrons. The molecule has 0 aliphatic heterocycles. The van der Waals surface area contributed by atoms with Crippen LogP contribution in [-0.2, 0) is 6.42 Å². The molecule has 0 spiro atoms. The van der Waals surface area contributed by atoms with Crippen molar-refractivity contribution in [3.63, 3.8) is 0 Å². The molecule has 4 aromatic carbocycles. The highest BCUT2D eigenvalue weighted by atomic mass is 16.5. The summed E-state index contributed by atoms with van der Waals surface area (Å²) in [7, 11) is 0. The molecular weight excluding hydrogens is 552 g/mol. The van der Waals surface area contributed by atoms with Gasteiger partial charge in [0.15, 0.2) is 0 Å². The molecule has 0 atom stereocenters. The van der Waals surface area contributed by atoms with Gasteiger partial charge in [-0.1, -0.05) is 55.8 Å². The first-order valence-electron chi connectivity index (χ1n) is 16.9. The van der Waals surface area contributed by atoms with Crippen LogP contribution in [0.1, 0.15) is 46.0 Å². The maximum absolute atomic E-state index is 8.01. The largest absolute Gasteiger partial charge is 0.457 e. The van der Waals surface area contributed by atoms with E-state index in [1.54, 1.807) is 18.3 Å². The van der Waals surface area contributed by atoms with Crippen molar-refractivity contribution in [2.45, 2.75) is 47.9 Å². The van der Waals surface area contributed by atoms with Crippen LogP contribution in [0.25, 0.3) is 44.4 Å². The van der Waals surface area contributed by atoms with Gasteiger partial charge in [-0.25, -0.2) is 9.67 Å². The van der Waals surface area contributed by atoms with Gasteiger partial charge in [-0.05, 0) is 105 Å². The first kappa shape index (κ1) is 25.2. The maximum Gasteiger partial charge on any atom is 0.137 e. The summed E-state index contributed by atoms with van der Waals surface area (Å²) in [6.07, 6.45) is 2.69. The maximum atomic E-state index is 8.01. The van der Waals surface area contributed by atoms with Crippen LogP contribution in [0.4, 0.5) is 0 Å². The molecule has 0 N–H and O–H groups in total. The number of hydrogen-bond acceptors (Lipinski definition) is 3. The summed E-state index contributed by atoms with van der Waals surface area (Å²) in [5.74, 6) is 2.61. The zero-order valence-corrected chi connectivity index (χ0v) is 26.3. The van der Waals surface area contributed by atoms with E-state index in [0.29, 0.717) is 17.2 Å². The summed E-state index contributed by atoms with van der Waals surface area (Å²) >= 11 is 0. The lowest BCUT2D eigenvalue weighted by atomic mass is 10.0. The number of ether oxygens (including phenoxy) is 1. The predicted molar refractivity (Wildman–Crippen MR) is 185 cm³/mol. The van der Waals surface area contributed by atoms with Crippen molar-refractivity contribution >= 4 is 21.8 Å². The quantitative estimate of drug-likeness (QED) is 0.185. The topological polar surface area (TPSA) is 44.9 Å². The second-order valence-electron chi connectivity index (χ2n) is 12.3. The van der Waals surface area contributed by atoms with Gasteiger partial charge in [0, 0.05) is 44.5 Å². The van der Waals surface area contributed by atoms with E-state index in [4.69, 9.17) is 18.9 Å². The molecule has 7 aromatic rings. The van der Waals surface area contributed by atoms with Crippen LogP contribution in [0.3, 0.4) is 0 Å². The average molecular weight is 594 g/mol. The standard InChI is InChI=1S/C40H38N4O/c1-25(2)18-30-21-32(44-29(6)40(28(5)42-44)31-10-8-7-9-11-31)23-34(22-30)45-33-13-14-35-36-19-26(3)12-15-37(36)43(38(35)24-33)39-20-27(4)16-17-41-39/h7-17,19-25H,18H2,1-6H3/i3D3. The summed E-state index contributed by atoms with van der Waals surface area (Å²) in [5, 5.41) is 6.76. The monoisotopic (exact) mass is 593 g/mol. The SMILES string of the molecule is [2H]C([2H])([2H])c1ccc2c(c1)c1ccc(Oc3cc(CC(C)C)cc(-n4nc(C)c(-c5ccccc5)c4C)c3)cc1n2-c1cc(C)ccn1. The van der Waals surface area contributed by atoms with Gasteiger partial charge in [0.05, 0.1) is 22.4 Å². The highest BCUT2D eigenvalue weighted by Gasteiger charge is 2.18. The molecule has 0 aliphatic carbocycles. The molecule has 0 saturated heterocycles. The number of rotatable bonds is 7. The summed E-state index contributed by atoms with van der Waals surface area (Å²) < 4.78 is 34.8. The Morgan fingerprint density at radius 1 is 0.778 bits per heavy atom. The van der Waals surface area contributed by atoms with Crippen molar-refractivity contribution < 1.29 is 8.85 Å². The number of hydrogen-bond donors (Lipinski definition) is 0. The molecule has 5 heteroatoms. The van der Waals surface area contributed by atoms with Gasteiger partial charge in [-0.3, -0.25) is 4.57 Å². The third-order valence-corrected chi connectivity index (χ3v) is 8.30. The van der Waals surface area contributed by atoms with E-state index < -0.39 is 6.85 Å². The molecule has 3 heterocycles. The van der Waals surface area contributed by atoms with Crippen LogP contribution in [0.15, 0.2) is 103 Å². The van der Waals surface area contributed by atoms with Gasteiger partial charge in [0.25, 0.3) is 0 Å². The molecule has 0 bridgehead atoms. The lowest BCUT2D eigenvalue weighted by molar-refractivity contribution is 0.481. The minimum absolute atomic E-state index is 0.306. The van der Waals surface area contributed by atoms with Gasteiger partial charge < -0.3 is 4.74 Å². The van der Waals surface area contributed by atoms with Gasteiger partial charge in [0.1, 0.15) is 17.3 Å². The van der Waals surface area contributed by atoms with Crippen LogP contribution in [0.2, 0.25) is 0 Å². The summed E-state index contributed by atoms with van der Waals surface area (Å²) in [4.78, 5) is 4.69. The van der Waals surface area contributed by atoms with E-state index in [1.807, 2.05) is 60.1 Å². The fraction of sp³-hybridized carbons (Fsp3) is 0.200. The molecule has 0 amide bonds. The second kappa shape index (κ2) is 11.4. The number of aryl methyl sites for hydroxylation is 3. The van der Waals surface area contributed by atoms with E-state index >= 15 is 0 Å². The predicted octanol–water partition coefficient (Wildman–Crippen LogP) is 10.3.